The van der Waals surface area contributed by atoms with Gasteiger partial charge in [-0.2, -0.15) is 0 Å². The molecule has 0 atom stereocenters. The van der Waals surface area contributed by atoms with Gasteiger partial charge in [-0.25, -0.2) is 0 Å². The van der Waals surface area contributed by atoms with Gasteiger partial charge in [0.15, 0.2) is 6.54 Å². The van der Waals surface area contributed by atoms with Crippen molar-refractivity contribution in [3.8, 4) is 0 Å². The zero-order valence-electron chi connectivity index (χ0n) is 15.8. The van der Waals surface area contributed by atoms with Crippen LogP contribution in [0, 0.1) is 10.1 Å². The molecule has 1 amide bonds. The van der Waals surface area contributed by atoms with Crippen molar-refractivity contribution in [2.45, 2.75) is 12.8 Å². The van der Waals surface area contributed by atoms with Gasteiger partial charge in [0, 0.05) is 30.1 Å². The van der Waals surface area contributed by atoms with Crippen LogP contribution in [0.15, 0.2) is 48.5 Å². The van der Waals surface area contributed by atoms with Crippen LogP contribution in [0.2, 0.25) is 0 Å². The molecular weight excluding hydrogens is 356 g/mol. The van der Waals surface area contributed by atoms with Gasteiger partial charge in [0.05, 0.1) is 31.1 Å². The van der Waals surface area contributed by atoms with E-state index in [1.807, 2.05) is 23.1 Å². The first-order chi connectivity index (χ1) is 13.6. The number of carbonyl (C=O) groups excluding carboxylic acids is 1. The van der Waals surface area contributed by atoms with E-state index in [4.69, 9.17) is 0 Å². The molecule has 1 fully saturated rings. The fourth-order valence-electron chi connectivity index (χ4n) is 4.15. The van der Waals surface area contributed by atoms with Crippen molar-refractivity contribution >= 4 is 23.0 Å². The molecule has 0 unspecified atom stereocenters. The van der Waals surface area contributed by atoms with Gasteiger partial charge in [-0.15, -0.1) is 0 Å². The van der Waals surface area contributed by atoms with E-state index in [-0.39, 0.29) is 16.5 Å². The average molecular weight is 381 g/mol. The predicted molar refractivity (Wildman–Crippen MR) is 108 cm³/mol. The first-order valence-electron chi connectivity index (χ1n) is 9.83. The topological polar surface area (TPSA) is 71.1 Å². The van der Waals surface area contributed by atoms with Gasteiger partial charge in [-0.05, 0) is 36.6 Å². The van der Waals surface area contributed by atoms with Crippen LogP contribution in [0.4, 0.5) is 17.1 Å². The maximum Gasteiger partial charge on any atom is 0.282 e. The van der Waals surface area contributed by atoms with E-state index in [0.717, 1.165) is 56.9 Å². The van der Waals surface area contributed by atoms with Crippen LogP contribution in [-0.2, 0) is 11.2 Å². The van der Waals surface area contributed by atoms with Gasteiger partial charge < -0.3 is 14.7 Å². The summed E-state index contributed by atoms with van der Waals surface area (Å²) in [6.07, 6.45) is 2.06. The number of para-hydroxylation sites is 1. The molecule has 28 heavy (non-hydrogen) atoms. The maximum absolute atomic E-state index is 12.9. The van der Waals surface area contributed by atoms with Crippen LogP contribution in [0.1, 0.15) is 12.0 Å². The maximum atomic E-state index is 12.9. The molecule has 0 radical (unpaired) electrons. The van der Waals surface area contributed by atoms with Crippen LogP contribution in [0.25, 0.3) is 0 Å². The number of aryl methyl sites for hydroxylation is 1. The Hall–Kier alpha value is -2.93. The Balaban J connectivity index is 1.33. The van der Waals surface area contributed by atoms with E-state index in [1.165, 1.54) is 10.5 Å². The summed E-state index contributed by atoms with van der Waals surface area (Å²) in [5.41, 5.74) is 3.45. The van der Waals surface area contributed by atoms with E-state index in [1.54, 1.807) is 24.3 Å². The zero-order chi connectivity index (χ0) is 19.5. The summed E-state index contributed by atoms with van der Waals surface area (Å²) >= 11 is 0. The second-order valence-electron chi connectivity index (χ2n) is 7.46. The number of hydrogen-bond donors (Lipinski definition) is 1. The molecule has 0 aliphatic carbocycles. The molecule has 2 aromatic carbocycles. The number of carbonyl (C=O) groups is 1. The Bertz CT molecular complexity index is 860. The smallest absolute Gasteiger partial charge is 0.282 e. The summed E-state index contributed by atoms with van der Waals surface area (Å²) < 4.78 is 0. The van der Waals surface area contributed by atoms with E-state index >= 15 is 0 Å². The molecule has 1 saturated heterocycles. The van der Waals surface area contributed by atoms with Crippen LogP contribution >= 0.6 is 0 Å². The summed E-state index contributed by atoms with van der Waals surface area (Å²) in [5, 5.41) is 10.8. The molecular formula is C21H25N4O3+. The van der Waals surface area contributed by atoms with Crippen LogP contribution in [0.5, 0.6) is 0 Å². The molecule has 0 aromatic heterocycles. The number of nitrogens with one attached hydrogen (secondary N) is 1. The van der Waals surface area contributed by atoms with Crippen molar-refractivity contribution in [3.63, 3.8) is 0 Å². The SMILES string of the molecule is O=C(C[NH+]1CCN(c2ccc([N+](=O)[O-])cc2)CC1)N1CCCc2ccccc21. The van der Waals surface area contributed by atoms with Crippen molar-refractivity contribution in [2.24, 2.45) is 0 Å². The summed E-state index contributed by atoms with van der Waals surface area (Å²) in [4.78, 5) is 28.8. The average Bonchev–Trinajstić information content (AvgIpc) is 2.74. The first-order valence-corrected chi connectivity index (χ1v) is 9.83. The predicted octanol–water partition coefficient (Wildman–Crippen LogP) is 1.28. The van der Waals surface area contributed by atoms with Gasteiger partial charge in [0.25, 0.3) is 11.6 Å². The lowest BCUT2D eigenvalue weighted by Crippen LogP contribution is -3.16. The number of amides is 1. The third kappa shape index (κ3) is 3.84. The lowest BCUT2D eigenvalue weighted by molar-refractivity contribution is -0.892. The Morgan fingerprint density at radius 3 is 2.46 bits per heavy atom. The summed E-state index contributed by atoms with van der Waals surface area (Å²) in [6, 6.07) is 14.9. The number of anilines is 2. The van der Waals surface area contributed by atoms with Crippen molar-refractivity contribution < 1.29 is 14.6 Å². The second kappa shape index (κ2) is 7.98. The largest absolute Gasteiger partial charge is 0.360 e. The fourth-order valence-corrected chi connectivity index (χ4v) is 4.15. The minimum atomic E-state index is -0.379. The number of non-ortho nitro benzene ring substituents is 1. The molecule has 2 aliphatic heterocycles. The van der Waals surface area contributed by atoms with Crippen molar-refractivity contribution in [3.05, 3.63) is 64.2 Å². The lowest BCUT2D eigenvalue weighted by atomic mass is 10.0. The van der Waals surface area contributed by atoms with Gasteiger partial charge in [-0.3, -0.25) is 14.9 Å². The van der Waals surface area contributed by atoms with Crippen LogP contribution in [0.3, 0.4) is 0 Å². The number of hydrogen-bond acceptors (Lipinski definition) is 4. The molecule has 0 spiro atoms. The van der Waals surface area contributed by atoms with Gasteiger partial charge in [0.2, 0.25) is 0 Å². The molecule has 7 nitrogen and oxygen atoms in total. The van der Waals surface area contributed by atoms with Gasteiger partial charge in [0.1, 0.15) is 0 Å². The lowest BCUT2D eigenvalue weighted by Gasteiger charge is -2.35. The Kier molecular flexibility index (Phi) is 5.25. The third-order valence-electron chi connectivity index (χ3n) is 5.71. The highest BCUT2D eigenvalue weighted by atomic mass is 16.6. The van der Waals surface area contributed by atoms with E-state index in [2.05, 4.69) is 11.0 Å². The van der Waals surface area contributed by atoms with Crippen molar-refractivity contribution in [1.82, 2.24) is 0 Å². The number of nitro groups is 1. The third-order valence-corrected chi connectivity index (χ3v) is 5.71. The Morgan fingerprint density at radius 2 is 1.75 bits per heavy atom. The van der Waals surface area contributed by atoms with E-state index < -0.39 is 0 Å². The second-order valence-corrected chi connectivity index (χ2v) is 7.46. The molecule has 2 aromatic rings. The number of fused-ring (bicyclic) bond motifs is 1. The Morgan fingerprint density at radius 1 is 1.04 bits per heavy atom. The number of benzene rings is 2. The summed E-state index contributed by atoms with van der Waals surface area (Å²) in [5.74, 6) is 0.200. The molecule has 146 valence electrons. The number of rotatable bonds is 4. The normalized spacial score (nSPS) is 17.3. The molecule has 0 bridgehead atoms. The number of quaternary nitrogens is 1. The molecule has 4 rings (SSSR count). The fraction of sp³-hybridized carbons (Fsp3) is 0.381. The number of piperazine rings is 1. The highest BCUT2D eigenvalue weighted by Gasteiger charge is 2.28. The summed E-state index contributed by atoms with van der Waals surface area (Å²) in [6.45, 7) is 4.78. The molecule has 1 N–H and O–H groups in total. The minimum absolute atomic E-state index is 0.112. The first kappa shape index (κ1) is 18.4. The van der Waals surface area contributed by atoms with Gasteiger partial charge >= 0.3 is 0 Å². The van der Waals surface area contributed by atoms with Crippen molar-refractivity contribution in [2.75, 3.05) is 49.1 Å². The summed E-state index contributed by atoms with van der Waals surface area (Å²) in [7, 11) is 0. The van der Waals surface area contributed by atoms with Gasteiger partial charge in [-0.1, -0.05) is 18.2 Å². The van der Waals surface area contributed by atoms with E-state index in [0.29, 0.717) is 6.54 Å². The quantitative estimate of drug-likeness (QED) is 0.640. The van der Waals surface area contributed by atoms with Crippen LogP contribution in [-0.4, -0.2) is 50.1 Å². The zero-order valence-corrected chi connectivity index (χ0v) is 15.8. The molecule has 2 aliphatic rings. The number of nitrogens with zero attached hydrogens (tertiary/aromatic N) is 3. The number of nitro benzene ring substituents is 1. The monoisotopic (exact) mass is 381 g/mol. The Labute approximate surface area is 164 Å². The standard InChI is InChI=1S/C21H24N4O3/c26-21(24-11-3-5-17-4-1-2-6-20(17)24)16-22-12-14-23(15-13-22)18-7-9-19(10-8-18)25(27)28/h1-2,4,6-10H,3,5,11-16H2/p+1. The highest BCUT2D eigenvalue weighted by Crippen LogP contribution is 2.26. The van der Waals surface area contributed by atoms with Crippen molar-refractivity contribution in [1.29, 1.82) is 0 Å². The van der Waals surface area contributed by atoms with Crippen LogP contribution < -0.4 is 14.7 Å². The molecule has 0 saturated carbocycles. The highest BCUT2D eigenvalue weighted by molar-refractivity contribution is 5.95. The molecule has 2 heterocycles. The molecule has 7 heteroatoms. The van der Waals surface area contributed by atoms with E-state index in [9.17, 15) is 14.9 Å². The minimum Gasteiger partial charge on any atom is -0.360 e.